The van der Waals surface area contributed by atoms with Crippen LogP contribution in [0.4, 0.5) is 0 Å². The first-order valence-corrected chi connectivity index (χ1v) is 7.48. The van der Waals surface area contributed by atoms with E-state index in [4.69, 9.17) is 4.98 Å². The number of benzene rings is 2. The standard InChI is InChI=1S/C18H21N3/c1-3-21-17-10-5-4-9-16(17)20-18(21)13-19-12-15-8-6-7-14(2)11-15/h4-11,19H,3,12-13H2,1-2H3. The van der Waals surface area contributed by atoms with Gasteiger partial charge in [0.1, 0.15) is 5.82 Å². The molecular weight excluding hydrogens is 258 g/mol. The monoisotopic (exact) mass is 279 g/mol. The zero-order valence-corrected chi connectivity index (χ0v) is 12.6. The fourth-order valence-electron chi connectivity index (χ4n) is 2.75. The van der Waals surface area contributed by atoms with Crippen molar-refractivity contribution in [1.82, 2.24) is 14.9 Å². The maximum atomic E-state index is 4.73. The molecule has 0 bridgehead atoms. The summed E-state index contributed by atoms with van der Waals surface area (Å²) in [4.78, 5) is 4.73. The second-order valence-corrected chi connectivity index (χ2v) is 5.35. The van der Waals surface area contributed by atoms with E-state index in [1.807, 2.05) is 6.07 Å². The van der Waals surface area contributed by atoms with Gasteiger partial charge in [0.05, 0.1) is 17.6 Å². The number of fused-ring (bicyclic) bond motifs is 1. The fourth-order valence-corrected chi connectivity index (χ4v) is 2.75. The number of hydrogen-bond acceptors (Lipinski definition) is 2. The lowest BCUT2D eigenvalue weighted by molar-refractivity contribution is 0.620. The van der Waals surface area contributed by atoms with Gasteiger partial charge in [-0.1, -0.05) is 42.0 Å². The Balaban J connectivity index is 1.73. The average molecular weight is 279 g/mol. The highest BCUT2D eigenvalue weighted by atomic mass is 15.1. The number of nitrogens with zero attached hydrogens (tertiary/aromatic N) is 2. The van der Waals surface area contributed by atoms with Crippen LogP contribution in [0.25, 0.3) is 11.0 Å². The Morgan fingerprint density at radius 1 is 1.05 bits per heavy atom. The van der Waals surface area contributed by atoms with Crippen molar-refractivity contribution < 1.29 is 0 Å². The molecule has 21 heavy (non-hydrogen) atoms. The van der Waals surface area contributed by atoms with Gasteiger partial charge < -0.3 is 9.88 Å². The lowest BCUT2D eigenvalue weighted by Crippen LogP contribution is -2.16. The molecule has 1 heterocycles. The predicted molar refractivity (Wildman–Crippen MR) is 87.1 cm³/mol. The average Bonchev–Trinajstić information content (AvgIpc) is 2.84. The minimum absolute atomic E-state index is 0.788. The van der Waals surface area contributed by atoms with Crippen molar-refractivity contribution in [3.8, 4) is 0 Å². The van der Waals surface area contributed by atoms with Crippen molar-refractivity contribution in [3.63, 3.8) is 0 Å². The largest absolute Gasteiger partial charge is 0.327 e. The molecule has 0 aliphatic heterocycles. The van der Waals surface area contributed by atoms with Crippen LogP contribution >= 0.6 is 0 Å². The number of rotatable bonds is 5. The van der Waals surface area contributed by atoms with Gasteiger partial charge in [0.25, 0.3) is 0 Å². The molecule has 0 radical (unpaired) electrons. The third-order valence-electron chi connectivity index (χ3n) is 3.74. The molecule has 2 aromatic carbocycles. The second kappa shape index (κ2) is 6.10. The molecule has 0 spiro atoms. The Morgan fingerprint density at radius 2 is 1.90 bits per heavy atom. The van der Waals surface area contributed by atoms with E-state index in [1.165, 1.54) is 16.6 Å². The molecule has 0 aliphatic carbocycles. The summed E-state index contributed by atoms with van der Waals surface area (Å²) in [6.45, 7) is 6.89. The molecule has 3 nitrogen and oxygen atoms in total. The number of aryl methyl sites for hydroxylation is 2. The molecule has 0 saturated heterocycles. The van der Waals surface area contributed by atoms with Gasteiger partial charge in [-0.3, -0.25) is 0 Å². The van der Waals surface area contributed by atoms with Crippen molar-refractivity contribution in [1.29, 1.82) is 0 Å². The minimum atomic E-state index is 0.788. The van der Waals surface area contributed by atoms with Crippen LogP contribution in [0.2, 0.25) is 0 Å². The molecule has 0 fully saturated rings. The topological polar surface area (TPSA) is 29.9 Å². The van der Waals surface area contributed by atoms with Crippen molar-refractivity contribution >= 4 is 11.0 Å². The van der Waals surface area contributed by atoms with Gasteiger partial charge in [-0.2, -0.15) is 0 Å². The third-order valence-corrected chi connectivity index (χ3v) is 3.74. The Kier molecular flexibility index (Phi) is 4.02. The number of para-hydroxylation sites is 2. The summed E-state index contributed by atoms with van der Waals surface area (Å²) in [7, 11) is 0. The molecule has 3 aromatic rings. The first kappa shape index (κ1) is 13.8. The highest BCUT2D eigenvalue weighted by Crippen LogP contribution is 2.15. The van der Waals surface area contributed by atoms with Crippen LogP contribution in [0.3, 0.4) is 0 Å². The first-order chi connectivity index (χ1) is 10.3. The molecule has 0 amide bonds. The number of hydrogen-bond donors (Lipinski definition) is 1. The molecule has 0 aliphatic rings. The van der Waals surface area contributed by atoms with E-state index in [2.05, 4.69) is 66.2 Å². The summed E-state index contributed by atoms with van der Waals surface area (Å²) >= 11 is 0. The second-order valence-electron chi connectivity index (χ2n) is 5.35. The van der Waals surface area contributed by atoms with Crippen molar-refractivity contribution in [2.75, 3.05) is 0 Å². The van der Waals surface area contributed by atoms with Gasteiger partial charge in [-0.15, -0.1) is 0 Å². The Bertz CT molecular complexity index is 743. The van der Waals surface area contributed by atoms with Crippen LogP contribution in [0.1, 0.15) is 23.9 Å². The molecule has 1 N–H and O–H groups in total. The zero-order valence-electron chi connectivity index (χ0n) is 12.6. The van der Waals surface area contributed by atoms with E-state index in [-0.39, 0.29) is 0 Å². The lowest BCUT2D eigenvalue weighted by atomic mass is 10.1. The van der Waals surface area contributed by atoms with Gasteiger partial charge in [-0.05, 0) is 31.5 Å². The SMILES string of the molecule is CCn1c(CNCc2cccc(C)c2)nc2ccccc21. The number of aromatic nitrogens is 2. The molecule has 0 atom stereocenters. The minimum Gasteiger partial charge on any atom is -0.327 e. The van der Waals surface area contributed by atoms with E-state index in [9.17, 15) is 0 Å². The normalized spacial score (nSPS) is 11.1. The van der Waals surface area contributed by atoms with Crippen LogP contribution < -0.4 is 5.32 Å². The van der Waals surface area contributed by atoms with E-state index < -0.39 is 0 Å². The first-order valence-electron chi connectivity index (χ1n) is 7.48. The van der Waals surface area contributed by atoms with Crippen LogP contribution in [0.5, 0.6) is 0 Å². The van der Waals surface area contributed by atoms with Crippen LogP contribution in [0, 0.1) is 6.92 Å². The predicted octanol–water partition coefficient (Wildman–Crippen LogP) is 3.65. The van der Waals surface area contributed by atoms with Crippen molar-refractivity contribution in [2.24, 2.45) is 0 Å². The molecule has 0 saturated carbocycles. The van der Waals surface area contributed by atoms with Crippen LogP contribution in [0.15, 0.2) is 48.5 Å². The van der Waals surface area contributed by atoms with E-state index in [0.717, 1.165) is 31.0 Å². The summed E-state index contributed by atoms with van der Waals surface area (Å²) in [5.74, 6) is 1.10. The Labute approximate surface area is 125 Å². The Morgan fingerprint density at radius 3 is 2.71 bits per heavy atom. The maximum absolute atomic E-state index is 4.73. The summed E-state index contributed by atoms with van der Waals surface area (Å²) in [5.41, 5.74) is 4.91. The van der Waals surface area contributed by atoms with Gasteiger partial charge in [0.2, 0.25) is 0 Å². The highest BCUT2D eigenvalue weighted by molar-refractivity contribution is 5.75. The van der Waals surface area contributed by atoms with Gasteiger partial charge in [0.15, 0.2) is 0 Å². The fraction of sp³-hybridized carbons (Fsp3) is 0.278. The Hall–Kier alpha value is -2.13. The number of nitrogens with one attached hydrogen (secondary N) is 1. The summed E-state index contributed by atoms with van der Waals surface area (Å²) in [5, 5.41) is 3.50. The van der Waals surface area contributed by atoms with Crippen molar-refractivity contribution in [2.45, 2.75) is 33.5 Å². The van der Waals surface area contributed by atoms with E-state index >= 15 is 0 Å². The molecular formula is C18H21N3. The van der Waals surface area contributed by atoms with E-state index in [1.54, 1.807) is 0 Å². The lowest BCUT2D eigenvalue weighted by Gasteiger charge is -2.08. The van der Waals surface area contributed by atoms with Gasteiger partial charge in [0, 0.05) is 13.1 Å². The molecule has 3 rings (SSSR count). The third kappa shape index (κ3) is 2.98. The quantitative estimate of drug-likeness (QED) is 0.772. The number of imidazole rings is 1. The van der Waals surface area contributed by atoms with E-state index in [0.29, 0.717) is 0 Å². The van der Waals surface area contributed by atoms with Crippen molar-refractivity contribution in [3.05, 3.63) is 65.5 Å². The maximum Gasteiger partial charge on any atom is 0.123 e. The molecule has 3 heteroatoms. The zero-order chi connectivity index (χ0) is 14.7. The van der Waals surface area contributed by atoms with Crippen LogP contribution in [-0.4, -0.2) is 9.55 Å². The van der Waals surface area contributed by atoms with Gasteiger partial charge in [-0.25, -0.2) is 4.98 Å². The molecule has 1 aromatic heterocycles. The molecule has 0 unspecified atom stereocenters. The van der Waals surface area contributed by atoms with Gasteiger partial charge >= 0.3 is 0 Å². The smallest absolute Gasteiger partial charge is 0.123 e. The summed E-state index contributed by atoms with van der Waals surface area (Å²) in [6.07, 6.45) is 0. The summed E-state index contributed by atoms with van der Waals surface area (Å²) < 4.78 is 2.28. The molecule has 108 valence electrons. The highest BCUT2D eigenvalue weighted by Gasteiger charge is 2.08. The van der Waals surface area contributed by atoms with Crippen LogP contribution in [-0.2, 0) is 19.6 Å². The summed E-state index contributed by atoms with van der Waals surface area (Å²) in [6, 6.07) is 16.9.